The maximum absolute atomic E-state index is 4.56. The molecule has 0 bridgehead atoms. The molecule has 1 aliphatic carbocycles. The SMILES string of the molecule is CN(C)c1ccc(-c2cnc3c(NC4CC4)nccn23)cc1. The molecule has 0 amide bonds. The van der Waals surface area contributed by atoms with Crippen molar-refractivity contribution in [1.82, 2.24) is 14.4 Å². The average Bonchev–Trinajstić information content (AvgIpc) is 3.24. The molecule has 2 heterocycles. The van der Waals surface area contributed by atoms with Crippen LogP contribution in [0.4, 0.5) is 11.5 Å². The Morgan fingerprint density at radius 2 is 1.91 bits per heavy atom. The van der Waals surface area contributed by atoms with Crippen molar-refractivity contribution in [3.8, 4) is 11.3 Å². The van der Waals surface area contributed by atoms with Crippen LogP contribution in [0, 0.1) is 0 Å². The molecule has 5 heteroatoms. The smallest absolute Gasteiger partial charge is 0.180 e. The van der Waals surface area contributed by atoms with Crippen LogP contribution in [0.1, 0.15) is 12.8 Å². The number of anilines is 2. The van der Waals surface area contributed by atoms with Crippen LogP contribution < -0.4 is 10.2 Å². The van der Waals surface area contributed by atoms with Gasteiger partial charge in [-0.1, -0.05) is 12.1 Å². The summed E-state index contributed by atoms with van der Waals surface area (Å²) in [6.45, 7) is 0. The van der Waals surface area contributed by atoms with Crippen LogP contribution in [-0.4, -0.2) is 34.5 Å². The third kappa shape index (κ3) is 2.28. The number of hydrogen-bond donors (Lipinski definition) is 1. The number of imidazole rings is 1. The molecule has 3 aromatic rings. The van der Waals surface area contributed by atoms with Crippen molar-refractivity contribution < 1.29 is 0 Å². The van der Waals surface area contributed by atoms with Gasteiger partial charge < -0.3 is 10.2 Å². The fraction of sp³-hybridized carbons (Fsp3) is 0.294. The molecule has 0 spiro atoms. The normalized spacial score (nSPS) is 14.3. The summed E-state index contributed by atoms with van der Waals surface area (Å²) in [6, 6.07) is 9.08. The van der Waals surface area contributed by atoms with Gasteiger partial charge in [-0.25, -0.2) is 9.97 Å². The lowest BCUT2D eigenvalue weighted by Crippen LogP contribution is -2.08. The Labute approximate surface area is 129 Å². The molecule has 0 atom stereocenters. The van der Waals surface area contributed by atoms with Crippen molar-refractivity contribution in [2.75, 3.05) is 24.3 Å². The van der Waals surface area contributed by atoms with Gasteiger partial charge in [-0.3, -0.25) is 4.40 Å². The van der Waals surface area contributed by atoms with Gasteiger partial charge in [0.25, 0.3) is 0 Å². The lowest BCUT2D eigenvalue weighted by Gasteiger charge is -2.12. The highest BCUT2D eigenvalue weighted by Gasteiger charge is 2.23. The lowest BCUT2D eigenvalue weighted by molar-refractivity contribution is 1.07. The first-order chi connectivity index (χ1) is 10.7. The Morgan fingerprint density at radius 3 is 2.59 bits per heavy atom. The molecule has 1 saturated carbocycles. The topological polar surface area (TPSA) is 45.5 Å². The minimum atomic E-state index is 0.568. The van der Waals surface area contributed by atoms with E-state index >= 15 is 0 Å². The third-order valence-electron chi connectivity index (χ3n) is 4.03. The first kappa shape index (κ1) is 13.1. The van der Waals surface area contributed by atoms with E-state index in [-0.39, 0.29) is 0 Å². The second-order valence-electron chi connectivity index (χ2n) is 5.97. The zero-order chi connectivity index (χ0) is 15.1. The first-order valence-electron chi connectivity index (χ1n) is 7.59. The van der Waals surface area contributed by atoms with Crippen molar-refractivity contribution >= 4 is 17.2 Å². The van der Waals surface area contributed by atoms with Crippen LogP contribution in [0.25, 0.3) is 16.9 Å². The van der Waals surface area contributed by atoms with Crippen molar-refractivity contribution in [3.63, 3.8) is 0 Å². The highest BCUT2D eigenvalue weighted by molar-refractivity contribution is 5.71. The van der Waals surface area contributed by atoms with Gasteiger partial charge in [-0.2, -0.15) is 0 Å². The van der Waals surface area contributed by atoms with Gasteiger partial charge in [0.05, 0.1) is 11.9 Å². The summed E-state index contributed by atoms with van der Waals surface area (Å²) >= 11 is 0. The monoisotopic (exact) mass is 293 g/mol. The molecule has 1 N–H and O–H groups in total. The Hall–Kier alpha value is -2.56. The van der Waals surface area contributed by atoms with E-state index in [2.05, 4.69) is 48.9 Å². The van der Waals surface area contributed by atoms with E-state index in [9.17, 15) is 0 Å². The Bertz CT molecular complexity index is 800. The molecule has 0 radical (unpaired) electrons. The van der Waals surface area contributed by atoms with Crippen LogP contribution in [0.2, 0.25) is 0 Å². The van der Waals surface area contributed by atoms with Gasteiger partial charge in [-0.15, -0.1) is 0 Å². The summed E-state index contributed by atoms with van der Waals surface area (Å²) in [4.78, 5) is 11.1. The highest BCUT2D eigenvalue weighted by Crippen LogP contribution is 2.28. The van der Waals surface area contributed by atoms with Gasteiger partial charge in [-0.05, 0) is 25.0 Å². The predicted octanol–water partition coefficient (Wildman–Crippen LogP) is 3.04. The van der Waals surface area contributed by atoms with E-state index in [0.717, 1.165) is 22.7 Å². The summed E-state index contributed by atoms with van der Waals surface area (Å²) in [7, 11) is 4.09. The predicted molar refractivity (Wildman–Crippen MR) is 89.4 cm³/mol. The van der Waals surface area contributed by atoms with Crippen LogP contribution >= 0.6 is 0 Å². The van der Waals surface area contributed by atoms with Crippen molar-refractivity contribution in [3.05, 3.63) is 42.9 Å². The number of rotatable bonds is 4. The van der Waals surface area contributed by atoms with Gasteiger partial charge in [0, 0.05) is 43.8 Å². The molecule has 4 rings (SSSR count). The molecule has 0 unspecified atom stereocenters. The first-order valence-corrected chi connectivity index (χ1v) is 7.59. The standard InChI is InChI=1S/C17H19N5/c1-21(2)14-7-3-12(4-8-14)15-11-19-17-16(20-13-5-6-13)18-9-10-22(15)17/h3-4,7-11,13H,5-6H2,1-2H3,(H,18,20). The lowest BCUT2D eigenvalue weighted by atomic mass is 10.1. The summed E-state index contributed by atoms with van der Waals surface area (Å²) in [6.07, 6.45) is 8.16. The number of benzene rings is 1. The second kappa shape index (κ2) is 5.02. The van der Waals surface area contributed by atoms with Crippen molar-refractivity contribution in [1.29, 1.82) is 0 Å². The van der Waals surface area contributed by atoms with Gasteiger partial charge >= 0.3 is 0 Å². The fourth-order valence-corrected chi connectivity index (χ4v) is 2.59. The number of nitrogens with one attached hydrogen (secondary N) is 1. The highest BCUT2D eigenvalue weighted by atomic mass is 15.1. The largest absolute Gasteiger partial charge is 0.378 e. The van der Waals surface area contributed by atoms with E-state index in [1.165, 1.54) is 18.5 Å². The number of aromatic nitrogens is 3. The van der Waals surface area contributed by atoms with Gasteiger partial charge in [0.1, 0.15) is 0 Å². The quantitative estimate of drug-likeness (QED) is 0.803. The number of fused-ring (bicyclic) bond motifs is 1. The zero-order valence-corrected chi connectivity index (χ0v) is 12.8. The second-order valence-corrected chi connectivity index (χ2v) is 5.97. The van der Waals surface area contributed by atoms with Crippen LogP contribution in [0.15, 0.2) is 42.9 Å². The summed E-state index contributed by atoms with van der Waals surface area (Å²) in [5, 5.41) is 3.45. The van der Waals surface area contributed by atoms with E-state index in [0.29, 0.717) is 6.04 Å². The fourth-order valence-electron chi connectivity index (χ4n) is 2.59. The molecule has 0 aliphatic heterocycles. The molecule has 1 aliphatic rings. The number of hydrogen-bond acceptors (Lipinski definition) is 4. The van der Waals surface area contributed by atoms with E-state index < -0.39 is 0 Å². The van der Waals surface area contributed by atoms with Crippen LogP contribution in [0.3, 0.4) is 0 Å². The van der Waals surface area contributed by atoms with E-state index in [4.69, 9.17) is 0 Å². The Morgan fingerprint density at radius 1 is 1.14 bits per heavy atom. The van der Waals surface area contributed by atoms with Gasteiger partial charge in [0.15, 0.2) is 11.5 Å². The summed E-state index contributed by atoms with van der Waals surface area (Å²) in [5.41, 5.74) is 4.32. The van der Waals surface area contributed by atoms with Crippen LogP contribution in [0.5, 0.6) is 0 Å². The van der Waals surface area contributed by atoms with Gasteiger partial charge in [0.2, 0.25) is 0 Å². The molecule has 22 heavy (non-hydrogen) atoms. The van der Waals surface area contributed by atoms with Crippen LogP contribution in [-0.2, 0) is 0 Å². The summed E-state index contributed by atoms with van der Waals surface area (Å²) in [5.74, 6) is 0.876. The molecule has 1 fully saturated rings. The molecule has 1 aromatic carbocycles. The third-order valence-corrected chi connectivity index (χ3v) is 4.03. The molecular weight excluding hydrogens is 274 g/mol. The van der Waals surface area contributed by atoms with Crippen molar-refractivity contribution in [2.24, 2.45) is 0 Å². The maximum atomic E-state index is 4.56. The summed E-state index contributed by atoms with van der Waals surface area (Å²) < 4.78 is 2.10. The van der Waals surface area contributed by atoms with E-state index in [1.54, 1.807) is 0 Å². The molecule has 5 nitrogen and oxygen atoms in total. The van der Waals surface area contributed by atoms with E-state index in [1.807, 2.05) is 32.7 Å². The number of nitrogens with zero attached hydrogens (tertiary/aromatic N) is 4. The Kier molecular flexibility index (Phi) is 2.99. The van der Waals surface area contributed by atoms with Crippen molar-refractivity contribution in [2.45, 2.75) is 18.9 Å². The minimum Gasteiger partial charge on any atom is -0.378 e. The zero-order valence-electron chi connectivity index (χ0n) is 12.8. The maximum Gasteiger partial charge on any atom is 0.180 e. The molecule has 112 valence electrons. The minimum absolute atomic E-state index is 0.568. The molecule has 0 saturated heterocycles. The molecular formula is C17H19N5. The molecule has 2 aromatic heterocycles. The Balaban J connectivity index is 1.75. The average molecular weight is 293 g/mol.